The van der Waals surface area contributed by atoms with Crippen LogP contribution in [0, 0.1) is 6.92 Å². The van der Waals surface area contributed by atoms with Crippen molar-refractivity contribution >= 4 is 11.6 Å². The second-order valence-corrected chi connectivity index (χ2v) is 6.04. The van der Waals surface area contributed by atoms with E-state index in [1.54, 1.807) is 19.2 Å². The molecular formula is C20H23N3O3. The van der Waals surface area contributed by atoms with Crippen molar-refractivity contribution in [3.8, 4) is 5.75 Å². The Bertz CT molecular complexity index is 889. The Balaban J connectivity index is 1.67. The zero-order valence-electron chi connectivity index (χ0n) is 15.1. The normalized spacial score (nSPS) is 10.8. The van der Waals surface area contributed by atoms with Crippen LogP contribution in [-0.2, 0) is 11.3 Å². The number of hydrogen-bond acceptors (Lipinski definition) is 4. The predicted molar refractivity (Wildman–Crippen MR) is 99.5 cm³/mol. The van der Waals surface area contributed by atoms with Crippen LogP contribution in [0.4, 0.5) is 0 Å². The van der Waals surface area contributed by atoms with Gasteiger partial charge in [-0.25, -0.2) is 4.98 Å². The largest absolute Gasteiger partial charge is 0.486 e. The molecule has 1 amide bonds. The van der Waals surface area contributed by atoms with E-state index in [4.69, 9.17) is 9.47 Å². The topological polar surface area (TPSA) is 64.9 Å². The number of nitrogens with zero attached hydrogens (tertiary/aromatic N) is 2. The highest BCUT2D eigenvalue weighted by Crippen LogP contribution is 2.20. The van der Waals surface area contributed by atoms with Crippen LogP contribution in [0.5, 0.6) is 5.75 Å². The van der Waals surface area contributed by atoms with E-state index in [9.17, 15) is 4.79 Å². The highest BCUT2D eigenvalue weighted by atomic mass is 16.5. The third-order valence-corrected chi connectivity index (χ3v) is 4.05. The number of imidazole rings is 1. The maximum absolute atomic E-state index is 12.4. The quantitative estimate of drug-likeness (QED) is 0.632. The highest BCUT2D eigenvalue weighted by Gasteiger charge is 2.12. The van der Waals surface area contributed by atoms with E-state index in [0.29, 0.717) is 31.1 Å². The van der Waals surface area contributed by atoms with E-state index in [1.807, 2.05) is 48.0 Å². The molecule has 1 aromatic carbocycles. The summed E-state index contributed by atoms with van der Waals surface area (Å²) in [5.74, 6) is 0.396. The molecule has 3 rings (SSSR count). The summed E-state index contributed by atoms with van der Waals surface area (Å²) >= 11 is 0. The molecule has 6 heteroatoms. The van der Waals surface area contributed by atoms with Crippen molar-refractivity contribution in [2.45, 2.75) is 20.0 Å². The average Bonchev–Trinajstić information content (AvgIpc) is 3.08. The Hall–Kier alpha value is -2.86. The Labute approximate surface area is 152 Å². The number of pyridine rings is 1. The number of aromatic nitrogens is 2. The van der Waals surface area contributed by atoms with Crippen molar-refractivity contribution in [3.63, 3.8) is 0 Å². The molecule has 0 aliphatic carbocycles. The minimum absolute atomic E-state index is 0.150. The Morgan fingerprint density at radius 3 is 2.88 bits per heavy atom. The molecule has 0 saturated carbocycles. The summed E-state index contributed by atoms with van der Waals surface area (Å²) in [5, 5.41) is 2.88. The van der Waals surface area contributed by atoms with Gasteiger partial charge in [0.05, 0.1) is 11.3 Å². The number of aryl methyl sites for hydroxylation is 1. The SMILES string of the molecule is COCCCNC(=O)c1ccccc1OCc1cn2cccc(C)c2n1. The lowest BCUT2D eigenvalue weighted by atomic mass is 10.2. The first-order valence-electron chi connectivity index (χ1n) is 8.61. The molecule has 3 aromatic rings. The third-order valence-electron chi connectivity index (χ3n) is 4.05. The van der Waals surface area contributed by atoms with Gasteiger partial charge in [0.25, 0.3) is 5.91 Å². The molecule has 0 fully saturated rings. The van der Waals surface area contributed by atoms with Gasteiger partial charge < -0.3 is 19.2 Å². The van der Waals surface area contributed by atoms with Gasteiger partial charge in [0.1, 0.15) is 18.0 Å². The number of ether oxygens (including phenoxy) is 2. The number of benzene rings is 1. The van der Waals surface area contributed by atoms with Gasteiger partial charge in [-0.1, -0.05) is 18.2 Å². The maximum Gasteiger partial charge on any atom is 0.255 e. The molecule has 2 aromatic heterocycles. The highest BCUT2D eigenvalue weighted by molar-refractivity contribution is 5.96. The number of amides is 1. The van der Waals surface area contributed by atoms with E-state index in [2.05, 4.69) is 10.3 Å². The molecule has 0 spiro atoms. The van der Waals surface area contributed by atoms with Crippen LogP contribution in [0.2, 0.25) is 0 Å². The molecular weight excluding hydrogens is 330 g/mol. The second kappa shape index (κ2) is 8.49. The number of para-hydroxylation sites is 1. The zero-order valence-corrected chi connectivity index (χ0v) is 15.1. The molecule has 0 saturated heterocycles. The minimum atomic E-state index is -0.150. The first-order chi connectivity index (χ1) is 12.7. The van der Waals surface area contributed by atoms with Crippen LogP contribution in [0.25, 0.3) is 5.65 Å². The van der Waals surface area contributed by atoms with Crippen molar-refractivity contribution in [2.75, 3.05) is 20.3 Å². The summed E-state index contributed by atoms with van der Waals surface area (Å²) in [6.45, 7) is 3.50. The molecule has 0 unspecified atom stereocenters. The first-order valence-corrected chi connectivity index (χ1v) is 8.61. The van der Waals surface area contributed by atoms with Crippen LogP contribution in [0.3, 0.4) is 0 Å². The smallest absolute Gasteiger partial charge is 0.255 e. The molecule has 1 N–H and O–H groups in total. The summed E-state index contributed by atoms with van der Waals surface area (Å²) < 4.78 is 12.8. The summed E-state index contributed by atoms with van der Waals surface area (Å²) in [5.41, 5.74) is 3.35. The first kappa shape index (κ1) is 17.9. The van der Waals surface area contributed by atoms with Crippen LogP contribution in [-0.4, -0.2) is 35.6 Å². The van der Waals surface area contributed by atoms with Crippen molar-refractivity contribution < 1.29 is 14.3 Å². The fourth-order valence-corrected chi connectivity index (χ4v) is 2.72. The van der Waals surface area contributed by atoms with Crippen LogP contribution < -0.4 is 10.1 Å². The van der Waals surface area contributed by atoms with E-state index in [-0.39, 0.29) is 5.91 Å². The van der Waals surface area contributed by atoms with Gasteiger partial charge in [0, 0.05) is 32.7 Å². The number of hydrogen-bond donors (Lipinski definition) is 1. The Kier molecular flexibility index (Phi) is 5.86. The van der Waals surface area contributed by atoms with Gasteiger partial charge in [0.2, 0.25) is 0 Å². The fraction of sp³-hybridized carbons (Fsp3) is 0.300. The number of fused-ring (bicyclic) bond motifs is 1. The van der Waals surface area contributed by atoms with Crippen LogP contribution in [0.1, 0.15) is 28.0 Å². The lowest BCUT2D eigenvalue weighted by Gasteiger charge is -2.11. The number of rotatable bonds is 8. The molecule has 0 atom stereocenters. The molecule has 0 aliphatic rings. The van der Waals surface area contributed by atoms with E-state index < -0.39 is 0 Å². The predicted octanol–water partition coefficient (Wildman–Crippen LogP) is 2.99. The van der Waals surface area contributed by atoms with E-state index >= 15 is 0 Å². The van der Waals surface area contributed by atoms with Gasteiger partial charge in [-0.3, -0.25) is 4.79 Å². The Morgan fingerprint density at radius 2 is 2.08 bits per heavy atom. The van der Waals surface area contributed by atoms with Crippen LogP contribution in [0.15, 0.2) is 48.8 Å². The number of carbonyl (C=O) groups is 1. The van der Waals surface area contributed by atoms with Gasteiger partial charge in [-0.2, -0.15) is 0 Å². The summed E-state index contributed by atoms with van der Waals surface area (Å²) in [6, 6.07) is 11.2. The summed E-state index contributed by atoms with van der Waals surface area (Å²) in [7, 11) is 1.64. The van der Waals surface area contributed by atoms with Crippen molar-refractivity contribution in [2.24, 2.45) is 0 Å². The molecule has 2 heterocycles. The van der Waals surface area contributed by atoms with E-state index in [1.165, 1.54) is 0 Å². The molecule has 0 bridgehead atoms. The number of nitrogens with one attached hydrogen (secondary N) is 1. The van der Waals surface area contributed by atoms with Gasteiger partial charge in [-0.05, 0) is 37.1 Å². The average molecular weight is 353 g/mol. The van der Waals surface area contributed by atoms with Crippen molar-refractivity contribution in [1.82, 2.24) is 14.7 Å². The summed E-state index contributed by atoms with van der Waals surface area (Å²) in [4.78, 5) is 17.0. The number of methoxy groups -OCH3 is 1. The van der Waals surface area contributed by atoms with Gasteiger partial charge in [-0.15, -0.1) is 0 Å². The second-order valence-electron chi connectivity index (χ2n) is 6.04. The molecule has 26 heavy (non-hydrogen) atoms. The molecule has 136 valence electrons. The third kappa shape index (κ3) is 4.21. The molecule has 0 aliphatic heterocycles. The summed E-state index contributed by atoms with van der Waals surface area (Å²) in [6.07, 6.45) is 4.67. The minimum Gasteiger partial charge on any atom is -0.486 e. The van der Waals surface area contributed by atoms with Gasteiger partial charge in [0.15, 0.2) is 0 Å². The maximum atomic E-state index is 12.4. The lowest BCUT2D eigenvalue weighted by Crippen LogP contribution is -2.25. The lowest BCUT2D eigenvalue weighted by molar-refractivity contribution is 0.0944. The molecule has 6 nitrogen and oxygen atoms in total. The van der Waals surface area contributed by atoms with Crippen molar-refractivity contribution in [1.29, 1.82) is 0 Å². The van der Waals surface area contributed by atoms with E-state index in [0.717, 1.165) is 23.3 Å². The van der Waals surface area contributed by atoms with Crippen LogP contribution >= 0.6 is 0 Å². The molecule has 0 radical (unpaired) electrons. The fourth-order valence-electron chi connectivity index (χ4n) is 2.72. The standard InChI is InChI=1S/C20H23N3O3/c1-15-7-5-11-23-13-16(22-19(15)23)14-26-18-9-4-3-8-17(18)20(24)21-10-6-12-25-2/h3-5,7-9,11,13H,6,10,12,14H2,1-2H3,(H,21,24). The zero-order chi connectivity index (χ0) is 18.4. The monoisotopic (exact) mass is 353 g/mol. The number of carbonyl (C=O) groups excluding carboxylic acids is 1. The van der Waals surface area contributed by atoms with Gasteiger partial charge >= 0.3 is 0 Å². The Morgan fingerprint density at radius 1 is 1.23 bits per heavy atom. The van der Waals surface area contributed by atoms with Crippen molar-refractivity contribution in [3.05, 3.63) is 65.6 Å².